The first-order chi connectivity index (χ1) is 13.2. The molecule has 4 heteroatoms. The van der Waals surface area contributed by atoms with Crippen LogP contribution in [-0.2, 0) is 14.3 Å². The van der Waals surface area contributed by atoms with Crippen molar-refractivity contribution in [2.75, 3.05) is 6.61 Å². The molecule has 1 N–H and O–H groups in total. The minimum atomic E-state index is -0.521. The Balaban J connectivity index is 1.72. The number of cyclic esters (lactones) is 1. The Bertz CT molecular complexity index is 579. The number of esters is 1. The largest absolute Gasteiger partial charge is 0.512 e. The Morgan fingerprint density at radius 1 is 1.14 bits per heavy atom. The maximum atomic E-state index is 12.9. The molecule has 1 aliphatic heterocycles. The molecule has 0 spiro atoms. The molecule has 1 heterocycles. The van der Waals surface area contributed by atoms with Crippen LogP contribution in [0.1, 0.15) is 98.3 Å². The summed E-state index contributed by atoms with van der Waals surface area (Å²) in [6, 6.07) is 0. The molecule has 0 radical (unpaired) electrons. The van der Waals surface area contributed by atoms with Gasteiger partial charge >= 0.3 is 5.97 Å². The third-order valence-corrected chi connectivity index (χ3v) is 7.53. The molecule has 1 atom stereocenters. The van der Waals surface area contributed by atoms with Crippen molar-refractivity contribution in [2.24, 2.45) is 17.8 Å². The van der Waals surface area contributed by atoms with Crippen LogP contribution in [0.5, 0.6) is 0 Å². The van der Waals surface area contributed by atoms with Gasteiger partial charge in [0.15, 0.2) is 0 Å². The summed E-state index contributed by atoms with van der Waals surface area (Å²) < 4.78 is 12.3. The summed E-state index contributed by atoms with van der Waals surface area (Å²) >= 11 is 0. The van der Waals surface area contributed by atoms with Gasteiger partial charge in [-0.2, -0.15) is 0 Å². The van der Waals surface area contributed by atoms with Gasteiger partial charge in [-0.25, -0.2) is 4.79 Å². The SMILES string of the molecule is CC(C)CCC1(C2CCCC2)CC(O)=C(COC(C)(C)C2CCCC2)C(=O)O1. The van der Waals surface area contributed by atoms with E-state index in [2.05, 4.69) is 27.7 Å². The van der Waals surface area contributed by atoms with Gasteiger partial charge in [-0.05, 0) is 70.1 Å². The van der Waals surface area contributed by atoms with E-state index in [1.54, 1.807) is 0 Å². The lowest BCUT2D eigenvalue weighted by molar-refractivity contribution is -0.170. The zero-order valence-electron chi connectivity index (χ0n) is 18.4. The van der Waals surface area contributed by atoms with Crippen molar-refractivity contribution in [3.8, 4) is 0 Å². The molecule has 0 bridgehead atoms. The first-order valence-corrected chi connectivity index (χ1v) is 11.5. The van der Waals surface area contributed by atoms with Crippen molar-refractivity contribution in [3.05, 3.63) is 11.3 Å². The van der Waals surface area contributed by atoms with E-state index in [-0.39, 0.29) is 23.9 Å². The van der Waals surface area contributed by atoms with Gasteiger partial charge in [0, 0.05) is 6.42 Å². The normalized spacial score (nSPS) is 27.8. The molecule has 0 saturated heterocycles. The second kappa shape index (κ2) is 8.77. The maximum absolute atomic E-state index is 12.9. The van der Waals surface area contributed by atoms with E-state index in [1.807, 2.05) is 0 Å². The van der Waals surface area contributed by atoms with Gasteiger partial charge in [-0.1, -0.05) is 39.5 Å². The number of carbonyl (C=O) groups is 1. The number of carbonyl (C=O) groups excluding carboxylic acids is 1. The second-order valence-corrected chi connectivity index (χ2v) is 10.3. The fourth-order valence-corrected chi connectivity index (χ4v) is 5.49. The van der Waals surface area contributed by atoms with E-state index in [1.165, 1.54) is 38.5 Å². The van der Waals surface area contributed by atoms with Crippen LogP contribution in [0.2, 0.25) is 0 Å². The third-order valence-electron chi connectivity index (χ3n) is 7.53. The highest BCUT2D eigenvalue weighted by atomic mass is 16.6. The van der Waals surface area contributed by atoms with E-state index in [4.69, 9.17) is 9.47 Å². The molecule has 3 aliphatic rings. The lowest BCUT2D eigenvalue weighted by Gasteiger charge is -2.42. The molecule has 2 aliphatic carbocycles. The Kier molecular flexibility index (Phi) is 6.79. The number of aliphatic hydroxyl groups is 1. The van der Waals surface area contributed by atoms with Crippen molar-refractivity contribution in [2.45, 2.75) is 110 Å². The molecule has 0 aromatic carbocycles. The van der Waals surface area contributed by atoms with Crippen molar-refractivity contribution in [1.82, 2.24) is 0 Å². The van der Waals surface area contributed by atoms with Gasteiger partial charge in [-0.15, -0.1) is 0 Å². The highest BCUT2D eigenvalue weighted by molar-refractivity contribution is 5.90. The summed E-state index contributed by atoms with van der Waals surface area (Å²) in [7, 11) is 0. The van der Waals surface area contributed by atoms with Gasteiger partial charge < -0.3 is 14.6 Å². The minimum Gasteiger partial charge on any atom is -0.512 e. The highest BCUT2D eigenvalue weighted by Gasteiger charge is 2.48. The predicted molar refractivity (Wildman–Crippen MR) is 111 cm³/mol. The predicted octanol–water partition coefficient (Wildman–Crippen LogP) is 6.10. The van der Waals surface area contributed by atoms with Crippen LogP contribution in [0.15, 0.2) is 11.3 Å². The summed E-state index contributed by atoms with van der Waals surface area (Å²) in [6.07, 6.45) is 11.8. The van der Waals surface area contributed by atoms with Crippen LogP contribution in [0.4, 0.5) is 0 Å². The summed E-state index contributed by atoms with van der Waals surface area (Å²) in [5, 5.41) is 10.9. The van der Waals surface area contributed by atoms with Crippen molar-refractivity contribution in [1.29, 1.82) is 0 Å². The molecule has 0 aromatic heterocycles. The first-order valence-electron chi connectivity index (χ1n) is 11.5. The van der Waals surface area contributed by atoms with Gasteiger partial charge in [0.05, 0.1) is 12.2 Å². The van der Waals surface area contributed by atoms with Crippen molar-refractivity contribution < 1.29 is 19.4 Å². The van der Waals surface area contributed by atoms with Crippen LogP contribution >= 0.6 is 0 Å². The van der Waals surface area contributed by atoms with Gasteiger partial charge in [0.2, 0.25) is 0 Å². The Morgan fingerprint density at radius 2 is 1.75 bits per heavy atom. The lowest BCUT2D eigenvalue weighted by atomic mass is 9.76. The average molecular weight is 393 g/mol. The van der Waals surface area contributed by atoms with Crippen LogP contribution in [-0.4, -0.2) is 28.9 Å². The molecule has 0 aromatic rings. The zero-order chi connectivity index (χ0) is 20.4. The van der Waals surface area contributed by atoms with E-state index in [9.17, 15) is 9.90 Å². The maximum Gasteiger partial charge on any atom is 0.340 e. The summed E-state index contributed by atoms with van der Waals surface area (Å²) in [5.74, 6) is 1.30. The third kappa shape index (κ3) is 4.75. The van der Waals surface area contributed by atoms with E-state index in [0.717, 1.165) is 25.7 Å². The molecule has 4 nitrogen and oxygen atoms in total. The second-order valence-electron chi connectivity index (χ2n) is 10.3. The Morgan fingerprint density at radius 3 is 2.32 bits per heavy atom. The monoisotopic (exact) mass is 392 g/mol. The summed E-state index contributed by atoms with van der Waals surface area (Å²) in [5.41, 5.74) is -0.460. The first kappa shape index (κ1) is 21.7. The van der Waals surface area contributed by atoms with Crippen LogP contribution in [0.3, 0.4) is 0 Å². The molecule has 3 rings (SSSR count). The molecule has 160 valence electrons. The standard InChI is InChI=1S/C24H40O4/c1-17(2)13-14-24(19-11-7-8-12-19)15-21(25)20(22(26)28-24)16-27-23(3,4)18-9-5-6-10-18/h17-19,25H,5-16H2,1-4H3. The molecule has 28 heavy (non-hydrogen) atoms. The molecule has 1 unspecified atom stereocenters. The number of hydrogen-bond acceptors (Lipinski definition) is 4. The van der Waals surface area contributed by atoms with E-state index >= 15 is 0 Å². The summed E-state index contributed by atoms with van der Waals surface area (Å²) in [6.45, 7) is 8.78. The number of ether oxygens (including phenoxy) is 2. The van der Waals surface area contributed by atoms with E-state index in [0.29, 0.717) is 29.7 Å². The molecular formula is C24H40O4. The average Bonchev–Trinajstić information content (AvgIpc) is 3.32. The molecular weight excluding hydrogens is 352 g/mol. The van der Waals surface area contributed by atoms with Crippen molar-refractivity contribution in [3.63, 3.8) is 0 Å². The number of aliphatic hydroxyl groups excluding tert-OH is 1. The highest BCUT2D eigenvalue weighted by Crippen LogP contribution is 2.46. The molecule has 2 fully saturated rings. The van der Waals surface area contributed by atoms with Gasteiger partial charge in [0.25, 0.3) is 0 Å². The minimum absolute atomic E-state index is 0.152. The fourth-order valence-electron chi connectivity index (χ4n) is 5.49. The van der Waals surface area contributed by atoms with Gasteiger partial charge in [0.1, 0.15) is 16.9 Å². The lowest BCUT2D eigenvalue weighted by Crippen LogP contribution is -2.47. The quantitative estimate of drug-likeness (QED) is 0.507. The van der Waals surface area contributed by atoms with E-state index < -0.39 is 5.60 Å². The van der Waals surface area contributed by atoms with Crippen molar-refractivity contribution >= 4 is 5.97 Å². The molecule has 0 amide bonds. The smallest absolute Gasteiger partial charge is 0.340 e. The fraction of sp³-hybridized carbons (Fsp3) is 0.875. The number of rotatable bonds is 8. The number of hydrogen-bond donors (Lipinski definition) is 1. The zero-order valence-corrected chi connectivity index (χ0v) is 18.4. The van der Waals surface area contributed by atoms with Crippen LogP contribution in [0, 0.1) is 17.8 Å². The Hall–Kier alpha value is -1.03. The topological polar surface area (TPSA) is 55.8 Å². The van der Waals surface area contributed by atoms with Gasteiger partial charge in [-0.3, -0.25) is 0 Å². The summed E-state index contributed by atoms with van der Waals surface area (Å²) in [4.78, 5) is 12.9. The molecule has 2 saturated carbocycles. The van der Waals surface area contributed by atoms with Crippen LogP contribution in [0.25, 0.3) is 0 Å². The van der Waals surface area contributed by atoms with Crippen LogP contribution < -0.4 is 0 Å². The Labute approximate surface area is 171 Å².